The van der Waals surface area contributed by atoms with E-state index in [0.717, 1.165) is 12.8 Å². The van der Waals surface area contributed by atoms with Gasteiger partial charge < -0.3 is 9.47 Å². The van der Waals surface area contributed by atoms with E-state index in [1.54, 1.807) is 18.2 Å². The van der Waals surface area contributed by atoms with Crippen molar-refractivity contribution in [2.45, 2.75) is 19.8 Å². The summed E-state index contributed by atoms with van der Waals surface area (Å²) in [5, 5.41) is 0.366. The molecule has 0 N–H and O–H groups in total. The number of aldehydes is 1. The Kier molecular flexibility index (Phi) is 7.29. The third kappa shape index (κ3) is 5.21. The maximum absolute atomic E-state index is 12.4. The average molecular weight is 446 g/mol. The van der Waals surface area contributed by atoms with Crippen LogP contribution in [0.15, 0.2) is 34.8 Å². The van der Waals surface area contributed by atoms with Crippen molar-refractivity contribution in [2.75, 3.05) is 6.61 Å². The first-order valence-electron chi connectivity index (χ1n) is 7.55. The van der Waals surface area contributed by atoms with Gasteiger partial charge in [-0.15, -0.1) is 0 Å². The van der Waals surface area contributed by atoms with E-state index in [-0.39, 0.29) is 26.9 Å². The molecule has 7 heteroatoms. The SMILES string of the molecule is CCCCOc1ccc(C(=O)Oc2c(Cl)cc(Cl)cc2C=O)cc1Br. The Labute approximate surface area is 164 Å². The van der Waals surface area contributed by atoms with Gasteiger partial charge in [0, 0.05) is 5.02 Å². The molecular formula is C18H15BrCl2O4. The van der Waals surface area contributed by atoms with Gasteiger partial charge >= 0.3 is 5.97 Å². The Morgan fingerprint density at radius 2 is 2.00 bits per heavy atom. The van der Waals surface area contributed by atoms with Gasteiger partial charge in [-0.3, -0.25) is 4.79 Å². The fourth-order valence-corrected chi connectivity index (χ4v) is 3.04. The monoisotopic (exact) mass is 444 g/mol. The molecule has 0 bridgehead atoms. The van der Waals surface area contributed by atoms with Crippen molar-refractivity contribution >= 4 is 51.4 Å². The van der Waals surface area contributed by atoms with Crippen LogP contribution in [0, 0.1) is 0 Å². The summed E-state index contributed by atoms with van der Waals surface area (Å²) in [5.41, 5.74) is 0.391. The molecule has 2 rings (SSSR count). The maximum atomic E-state index is 12.4. The maximum Gasteiger partial charge on any atom is 0.343 e. The molecule has 4 nitrogen and oxygen atoms in total. The number of carbonyl (C=O) groups is 2. The van der Waals surface area contributed by atoms with Gasteiger partial charge in [-0.2, -0.15) is 0 Å². The largest absolute Gasteiger partial charge is 0.492 e. The van der Waals surface area contributed by atoms with Crippen LogP contribution in [0.3, 0.4) is 0 Å². The standard InChI is InChI=1S/C18H15BrCl2O4/c1-2-3-6-24-16-5-4-11(8-14(16)19)18(23)25-17-12(10-22)7-13(20)9-15(17)21/h4-5,7-10H,2-3,6H2,1H3. The molecule has 2 aromatic rings. The average Bonchev–Trinajstić information content (AvgIpc) is 2.58. The molecule has 2 aromatic carbocycles. The lowest BCUT2D eigenvalue weighted by atomic mass is 10.2. The van der Waals surface area contributed by atoms with E-state index >= 15 is 0 Å². The van der Waals surface area contributed by atoms with Crippen LogP contribution in [0.2, 0.25) is 10.0 Å². The molecule has 0 amide bonds. The third-order valence-electron chi connectivity index (χ3n) is 3.28. The first-order valence-corrected chi connectivity index (χ1v) is 9.10. The van der Waals surface area contributed by atoms with Gasteiger partial charge in [0.15, 0.2) is 12.0 Å². The smallest absolute Gasteiger partial charge is 0.343 e. The van der Waals surface area contributed by atoms with E-state index in [4.69, 9.17) is 32.7 Å². The molecule has 0 radical (unpaired) electrons. The molecule has 0 aliphatic rings. The van der Waals surface area contributed by atoms with Crippen molar-refractivity contribution in [1.29, 1.82) is 0 Å². The van der Waals surface area contributed by atoms with E-state index in [1.807, 2.05) is 0 Å². The minimum atomic E-state index is -0.645. The molecule has 0 unspecified atom stereocenters. The van der Waals surface area contributed by atoms with Crippen LogP contribution in [0.5, 0.6) is 11.5 Å². The summed E-state index contributed by atoms with van der Waals surface area (Å²) >= 11 is 15.2. The van der Waals surface area contributed by atoms with Crippen LogP contribution in [0.1, 0.15) is 40.5 Å². The molecule has 0 aromatic heterocycles. The second-order valence-electron chi connectivity index (χ2n) is 5.16. The Morgan fingerprint density at radius 3 is 2.64 bits per heavy atom. The van der Waals surface area contributed by atoms with E-state index in [2.05, 4.69) is 22.9 Å². The first kappa shape index (κ1) is 19.8. The number of unbranched alkanes of at least 4 members (excludes halogenated alkanes) is 1. The van der Waals surface area contributed by atoms with Gasteiger partial charge in [0.2, 0.25) is 0 Å². The Morgan fingerprint density at radius 1 is 1.24 bits per heavy atom. The lowest BCUT2D eigenvalue weighted by molar-refractivity contribution is 0.0733. The molecule has 0 atom stereocenters. The van der Waals surface area contributed by atoms with Crippen molar-refractivity contribution < 1.29 is 19.1 Å². The van der Waals surface area contributed by atoms with E-state index < -0.39 is 5.97 Å². The summed E-state index contributed by atoms with van der Waals surface area (Å²) < 4.78 is 11.5. The topological polar surface area (TPSA) is 52.6 Å². The number of ether oxygens (including phenoxy) is 2. The Bertz CT molecular complexity index is 793. The van der Waals surface area contributed by atoms with Gasteiger partial charge in [-0.05, 0) is 52.7 Å². The second-order valence-corrected chi connectivity index (χ2v) is 6.86. The minimum absolute atomic E-state index is 0.0227. The van der Waals surface area contributed by atoms with E-state index in [1.165, 1.54) is 12.1 Å². The molecule has 0 aliphatic heterocycles. The molecule has 0 saturated heterocycles. The number of benzene rings is 2. The first-order chi connectivity index (χ1) is 12.0. The summed E-state index contributed by atoms with van der Waals surface area (Å²) in [7, 11) is 0. The highest BCUT2D eigenvalue weighted by atomic mass is 79.9. The molecule has 0 spiro atoms. The highest BCUT2D eigenvalue weighted by Crippen LogP contribution is 2.33. The van der Waals surface area contributed by atoms with Gasteiger partial charge in [-0.25, -0.2) is 4.79 Å². The highest BCUT2D eigenvalue weighted by Gasteiger charge is 2.17. The van der Waals surface area contributed by atoms with Gasteiger partial charge in [-0.1, -0.05) is 36.5 Å². The molecule has 0 aliphatic carbocycles. The van der Waals surface area contributed by atoms with Gasteiger partial charge in [0.25, 0.3) is 0 Å². The van der Waals surface area contributed by atoms with Crippen LogP contribution >= 0.6 is 39.1 Å². The Balaban J connectivity index is 2.19. The summed E-state index contributed by atoms with van der Waals surface area (Å²) in [6.45, 7) is 2.68. The quantitative estimate of drug-likeness (QED) is 0.228. The normalized spacial score (nSPS) is 10.4. The summed E-state index contributed by atoms with van der Waals surface area (Å²) in [6.07, 6.45) is 2.50. The van der Waals surface area contributed by atoms with Crippen LogP contribution < -0.4 is 9.47 Å². The number of halogens is 3. The zero-order valence-electron chi connectivity index (χ0n) is 13.4. The van der Waals surface area contributed by atoms with Crippen molar-refractivity contribution in [3.8, 4) is 11.5 Å². The molecule has 0 heterocycles. The van der Waals surface area contributed by atoms with Crippen LogP contribution in [0.25, 0.3) is 0 Å². The number of carbonyl (C=O) groups excluding carboxylic acids is 2. The third-order valence-corrected chi connectivity index (χ3v) is 4.40. The van der Waals surface area contributed by atoms with E-state index in [9.17, 15) is 9.59 Å². The summed E-state index contributed by atoms with van der Waals surface area (Å²) in [5.74, 6) is -0.0262. The van der Waals surface area contributed by atoms with Crippen molar-refractivity contribution in [1.82, 2.24) is 0 Å². The second kappa shape index (κ2) is 9.22. The van der Waals surface area contributed by atoms with Crippen LogP contribution in [0.4, 0.5) is 0 Å². The number of hydrogen-bond acceptors (Lipinski definition) is 4. The highest BCUT2D eigenvalue weighted by molar-refractivity contribution is 9.10. The molecular weight excluding hydrogens is 431 g/mol. The predicted octanol–water partition coefficient (Wildman–Crippen LogP) is 5.97. The fraction of sp³-hybridized carbons (Fsp3) is 0.222. The number of esters is 1. The van der Waals surface area contributed by atoms with Crippen LogP contribution in [-0.2, 0) is 0 Å². The predicted molar refractivity (Wildman–Crippen MR) is 101 cm³/mol. The lowest BCUT2D eigenvalue weighted by Gasteiger charge is -2.11. The molecule has 0 fully saturated rings. The van der Waals surface area contributed by atoms with Crippen LogP contribution in [-0.4, -0.2) is 18.9 Å². The minimum Gasteiger partial charge on any atom is -0.492 e. The summed E-state index contributed by atoms with van der Waals surface area (Å²) in [4.78, 5) is 23.5. The zero-order valence-corrected chi connectivity index (χ0v) is 16.5. The number of hydrogen-bond donors (Lipinski definition) is 0. The van der Waals surface area contributed by atoms with Crippen molar-refractivity contribution in [3.05, 3.63) is 56.0 Å². The molecule has 0 saturated carbocycles. The van der Waals surface area contributed by atoms with Crippen molar-refractivity contribution in [2.24, 2.45) is 0 Å². The zero-order chi connectivity index (χ0) is 18.4. The van der Waals surface area contributed by atoms with Gasteiger partial charge in [0.05, 0.1) is 27.2 Å². The Hall–Kier alpha value is -1.56. The van der Waals surface area contributed by atoms with E-state index in [0.29, 0.717) is 23.1 Å². The fourth-order valence-electron chi connectivity index (χ4n) is 2.00. The lowest BCUT2D eigenvalue weighted by Crippen LogP contribution is -2.10. The van der Waals surface area contributed by atoms with Crippen molar-refractivity contribution in [3.63, 3.8) is 0 Å². The van der Waals surface area contributed by atoms with Gasteiger partial charge in [0.1, 0.15) is 5.75 Å². The summed E-state index contributed by atoms with van der Waals surface area (Å²) in [6, 6.07) is 7.64. The number of rotatable bonds is 7. The molecule has 132 valence electrons. The molecule has 25 heavy (non-hydrogen) atoms.